The lowest BCUT2D eigenvalue weighted by Gasteiger charge is -2.34. The molecule has 126 valence electrons. The molecule has 0 spiro atoms. The lowest BCUT2D eigenvalue weighted by molar-refractivity contribution is -0.122. The van der Waals surface area contributed by atoms with Crippen LogP contribution >= 0.6 is 0 Å². The van der Waals surface area contributed by atoms with Crippen LogP contribution in [0.1, 0.15) is 20.8 Å². The summed E-state index contributed by atoms with van der Waals surface area (Å²) in [5, 5.41) is 2.25. The number of nitrogens with one attached hydrogen (secondary N) is 1. The standard InChI is InChI=1S/C14H15N3O4.C2H6.H2/c18-12-11-8-16(6-7-17(11)13(19)15-12)14(20)21-9-10-4-2-1-3-5-10;1-2;/h1-5,11H,6-9H2,(H,15,18,19);1-2H3;1H. The Morgan fingerprint density at radius 2 is 1.96 bits per heavy atom. The van der Waals surface area contributed by atoms with Crippen molar-refractivity contribution in [2.75, 3.05) is 19.6 Å². The largest absolute Gasteiger partial charge is 0.445 e. The molecule has 1 atom stereocenters. The summed E-state index contributed by atoms with van der Waals surface area (Å²) in [5.74, 6) is -0.361. The molecule has 4 amide bonds. The van der Waals surface area contributed by atoms with Crippen molar-refractivity contribution < 1.29 is 20.5 Å². The highest BCUT2D eigenvalue weighted by Gasteiger charge is 2.43. The van der Waals surface area contributed by atoms with E-state index in [2.05, 4.69) is 5.32 Å². The van der Waals surface area contributed by atoms with Crippen LogP contribution in [0.4, 0.5) is 9.59 Å². The Morgan fingerprint density at radius 1 is 1.26 bits per heavy atom. The molecule has 2 saturated heterocycles. The molecule has 2 heterocycles. The first-order chi connectivity index (χ1) is 11.1. The van der Waals surface area contributed by atoms with Crippen LogP contribution in [-0.2, 0) is 16.1 Å². The molecule has 0 aromatic heterocycles. The SMILES string of the molecule is CC.O=C1NC(=O)N2CCN(C(=O)OCc3ccccc3)CC12.[HH]. The molecule has 7 heteroatoms. The third-order valence-corrected chi connectivity index (χ3v) is 3.64. The van der Waals surface area contributed by atoms with Crippen molar-refractivity contribution in [2.45, 2.75) is 26.5 Å². The number of piperazine rings is 1. The van der Waals surface area contributed by atoms with Crippen molar-refractivity contribution in [3.05, 3.63) is 35.9 Å². The summed E-state index contributed by atoms with van der Waals surface area (Å²) >= 11 is 0. The van der Waals surface area contributed by atoms with E-state index < -0.39 is 12.1 Å². The van der Waals surface area contributed by atoms with Crippen molar-refractivity contribution in [1.82, 2.24) is 15.1 Å². The van der Waals surface area contributed by atoms with E-state index >= 15 is 0 Å². The van der Waals surface area contributed by atoms with E-state index in [0.29, 0.717) is 13.1 Å². The molecule has 0 bridgehead atoms. The molecule has 1 aromatic carbocycles. The van der Waals surface area contributed by atoms with Crippen LogP contribution in [0.25, 0.3) is 0 Å². The van der Waals surface area contributed by atoms with Gasteiger partial charge in [0.1, 0.15) is 12.6 Å². The number of urea groups is 1. The van der Waals surface area contributed by atoms with Crippen LogP contribution in [0.15, 0.2) is 30.3 Å². The maximum atomic E-state index is 12.0. The normalized spacial score (nSPS) is 19.5. The molecular weight excluding hydrogens is 298 g/mol. The maximum Gasteiger partial charge on any atom is 0.410 e. The molecule has 23 heavy (non-hydrogen) atoms. The van der Waals surface area contributed by atoms with Crippen molar-refractivity contribution >= 4 is 18.0 Å². The van der Waals surface area contributed by atoms with Gasteiger partial charge in [-0.2, -0.15) is 0 Å². The number of fused-ring (bicyclic) bond motifs is 1. The predicted octanol–water partition coefficient (Wildman–Crippen LogP) is 1.83. The van der Waals surface area contributed by atoms with Gasteiger partial charge in [0.2, 0.25) is 0 Å². The Bertz CT molecular complexity index is 582. The van der Waals surface area contributed by atoms with Gasteiger partial charge in [0, 0.05) is 14.5 Å². The fraction of sp³-hybridized carbons (Fsp3) is 0.438. The van der Waals surface area contributed by atoms with Gasteiger partial charge in [-0.15, -0.1) is 0 Å². The fourth-order valence-electron chi connectivity index (χ4n) is 2.49. The molecule has 7 nitrogen and oxygen atoms in total. The third kappa shape index (κ3) is 3.80. The highest BCUT2D eigenvalue weighted by Crippen LogP contribution is 2.16. The Hall–Kier alpha value is -2.57. The zero-order chi connectivity index (χ0) is 16.8. The number of benzene rings is 1. The van der Waals surface area contributed by atoms with E-state index in [-0.39, 0.29) is 26.5 Å². The lowest BCUT2D eigenvalue weighted by Crippen LogP contribution is -2.54. The van der Waals surface area contributed by atoms with Gasteiger partial charge >= 0.3 is 12.1 Å². The van der Waals surface area contributed by atoms with Gasteiger partial charge in [0.15, 0.2) is 0 Å². The Labute approximate surface area is 136 Å². The van der Waals surface area contributed by atoms with Gasteiger partial charge < -0.3 is 14.5 Å². The third-order valence-electron chi connectivity index (χ3n) is 3.64. The summed E-state index contributed by atoms with van der Waals surface area (Å²) < 4.78 is 5.23. The van der Waals surface area contributed by atoms with E-state index in [1.54, 1.807) is 0 Å². The van der Waals surface area contributed by atoms with Crippen LogP contribution in [0, 0.1) is 0 Å². The van der Waals surface area contributed by atoms with Gasteiger partial charge in [-0.3, -0.25) is 10.1 Å². The fourth-order valence-corrected chi connectivity index (χ4v) is 2.49. The second kappa shape index (κ2) is 7.62. The zero-order valence-corrected chi connectivity index (χ0v) is 13.3. The first-order valence-corrected chi connectivity index (χ1v) is 7.72. The quantitative estimate of drug-likeness (QED) is 0.843. The second-order valence-electron chi connectivity index (χ2n) is 4.99. The van der Waals surface area contributed by atoms with Crippen molar-refractivity contribution in [3.63, 3.8) is 0 Å². The van der Waals surface area contributed by atoms with Gasteiger partial charge in [0.05, 0.1) is 6.54 Å². The molecule has 3 rings (SSSR count). The van der Waals surface area contributed by atoms with Crippen LogP contribution in [0.2, 0.25) is 0 Å². The molecule has 0 saturated carbocycles. The number of carbonyl (C=O) groups is 3. The Balaban J connectivity index is 0.000000925. The Kier molecular flexibility index (Phi) is 5.56. The van der Waals surface area contributed by atoms with E-state index in [4.69, 9.17) is 4.74 Å². The smallest absolute Gasteiger partial charge is 0.410 e. The topological polar surface area (TPSA) is 79.0 Å². The molecule has 1 unspecified atom stereocenters. The molecule has 2 aliphatic heterocycles. The predicted molar refractivity (Wildman–Crippen MR) is 85.7 cm³/mol. The van der Waals surface area contributed by atoms with E-state index in [1.807, 2.05) is 44.2 Å². The van der Waals surface area contributed by atoms with Crippen molar-refractivity contribution in [2.24, 2.45) is 0 Å². The van der Waals surface area contributed by atoms with Gasteiger partial charge in [0.25, 0.3) is 5.91 Å². The van der Waals surface area contributed by atoms with Crippen molar-refractivity contribution in [3.8, 4) is 0 Å². The molecule has 0 radical (unpaired) electrons. The van der Waals surface area contributed by atoms with E-state index in [1.165, 1.54) is 9.80 Å². The molecular formula is C16H23N3O4. The van der Waals surface area contributed by atoms with Crippen LogP contribution in [-0.4, -0.2) is 53.5 Å². The number of rotatable bonds is 2. The maximum absolute atomic E-state index is 12.0. The molecule has 2 fully saturated rings. The Morgan fingerprint density at radius 3 is 2.65 bits per heavy atom. The molecule has 0 aliphatic carbocycles. The van der Waals surface area contributed by atoms with Crippen LogP contribution < -0.4 is 5.32 Å². The minimum Gasteiger partial charge on any atom is -0.445 e. The van der Waals surface area contributed by atoms with Gasteiger partial charge in [-0.25, -0.2) is 9.59 Å². The number of nitrogens with zero attached hydrogens (tertiary/aromatic N) is 2. The second-order valence-corrected chi connectivity index (χ2v) is 4.99. The first-order valence-electron chi connectivity index (χ1n) is 7.72. The highest BCUT2D eigenvalue weighted by molar-refractivity contribution is 6.04. The number of carbonyl (C=O) groups excluding carboxylic acids is 3. The molecule has 2 aliphatic rings. The van der Waals surface area contributed by atoms with Crippen LogP contribution in [0.5, 0.6) is 0 Å². The van der Waals surface area contributed by atoms with Crippen LogP contribution in [0.3, 0.4) is 0 Å². The lowest BCUT2D eigenvalue weighted by atomic mass is 10.2. The summed E-state index contributed by atoms with van der Waals surface area (Å²) in [6.07, 6.45) is -0.467. The zero-order valence-electron chi connectivity index (χ0n) is 13.3. The van der Waals surface area contributed by atoms with E-state index in [0.717, 1.165) is 5.56 Å². The summed E-state index contributed by atoms with van der Waals surface area (Å²) in [7, 11) is 0. The van der Waals surface area contributed by atoms with Crippen molar-refractivity contribution in [1.29, 1.82) is 0 Å². The average molecular weight is 321 g/mol. The number of hydrogen-bond acceptors (Lipinski definition) is 4. The summed E-state index contributed by atoms with van der Waals surface area (Å²) in [6.45, 7) is 5.06. The number of amides is 4. The molecule has 1 N–H and O–H groups in total. The number of imide groups is 1. The van der Waals surface area contributed by atoms with Gasteiger partial charge in [-0.05, 0) is 5.56 Å². The minimum atomic E-state index is -0.601. The molecule has 1 aromatic rings. The summed E-state index contributed by atoms with van der Waals surface area (Å²) in [5.41, 5.74) is 0.901. The first kappa shape index (κ1) is 16.8. The highest BCUT2D eigenvalue weighted by atomic mass is 16.6. The minimum absolute atomic E-state index is 0. The van der Waals surface area contributed by atoms with Gasteiger partial charge in [-0.1, -0.05) is 44.2 Å². The number of ether oxygens (including phenoxy) is 1. The monoisotopic (exact) mass is 321 g/mol. The summed E-state index contributed by atoms with van der Waals surface area (Å²) in [4.78, 5) is 38.0. The van der Waals surface area contributed by atoms with E-state index in [9.17, 15) is 14.4 Å². The number of hydrogen-bond donors (Lipinski definition) is 1. The average Bonchev–Trinajstić information content (AvgIpc) is 2.89. The summed E-state index contributed by atoms with van der Waals surface area (Å²) in [6, 6.07) is 8.38.